The Labute approximate surface area is 145 Å². The van der Waals surface area contributed by atoms with Gasteiger partial charge in [-0.15, -0.1) is 0 Å². The lowest BCUT2D eigenvalue weighted by molar-refractivity contribution is -0.140. The molecule has 2 N–H and O–H groups in total. The number of aryl methyl sites for hydroxylation is 1. The van der Waals surface area contributed by atoms with Crippen molar-refractivity contribution in [3.05, 3.63) is 39.3 Å². The van der Waals surface area contributed by atoms with E-state index >= 15 is 0 Å². The maximum atomic E-state index is 12.3. The van der Waals surface area contributed by atoms with Crippen LogP contribution in [0.2, 0.25) is 0 Å². The van der Waals surface area contributed by atoms with Crippen LogP contribution in [0.4, 0.5) is 0 Å². The summed E-state index contributed by atoms with van der Waals surface area (Å²) < 4.78 is 21.0. The molecule has 8 nitrogen and oxygen atoms in total. The maximum absolute atomic E-state index is 12.3. The smallest absolute Gasteiger partial charge is 0.306 e. The number of benzene rings is 1. The minimum Gasteiger partial charge on any atom is -0.493 e. The van der Waals surface area contributed by atoms with Gasteiger partial charge >= 0.3 is 5.97 Å². The summed E-state index contributed by atoms with van der Waals surface area (Å²) in [6.07, 6.45) is -0.0237. The van der Waals surface area contributed by atoms with Gasteiger partial charge in [0.05, 0.1) is 34.9 Å². The fraction of sp³-hybridized carbons (Fsp3) is 0.412. The van der Waals surface area contributed by atoms with E-state index in [0.717, 1.165) is 0 Å². The Kier molecular flexibility index (Phi) is 5.74. The van der Waals surface area contributed by atoms with Crippen LogP contribution in [0.1, 0.15) is 29.2 Å². The van der Waals surface area contributed by atoms with Crippen LogP contribution < -0.4 is 19.8 Å². The highest BCUT2D eigenvalue weighted by molar-refractivity contribution is 5.72. The molecule has 0 saturated carbocycles. The first-order valence-electron chi connectivity index (χ1n) is 7.61. The zero-order valence-electron chi connectivity index (χ0n) is 14.9. The van der Waals surface area contributed by atoms with Crippen LogP contribution in [-0.2, 0) is 9.53 Å². The van der Waals surface area contributed by atoms with E-state index in [9.17, 15) is 9.59 Å². The van der Waals surface area contributed by atoms with Crippen LogP contribution >= 0.6 is 0 Å². The van der Waals surface area contributed by atoms with Crippen LogP contribution in [0.25, 0.3) is 0 Å². The van der Waals surface area contributed by atoms with Crippen molar-refractivity contribution in [3.8, 4) is 17.2 Å². The van der Waals surface area contributed by atoms with E-state index in [2.05, 4.69) is 10.2 Å². The number of hydrogen-bond donors (Lipinski definition) is 2. The zero-order chi connectivity index (χ0) is 18.6. The summed E-state index contributed by atoms with van der Waals surface area (Å²) in [6.45, 7) is 1.75. The molecule has 25 heavy (non-hydrogen) atoms. The maximum Gasteiger partial charge on any atom is 0.306 e. The molecule has 0 aliphatic heterocycles. The molecular formula is C17H22N2O6. The van der Waals surface area contributed by atoms with Crippen molar-refractivity contribution in [1.82, 2.24) is 10.2 Å². The van der Waals surface area contributed by atoms with Gasteiger partial charge in [-0.2, -0.15) is 0 Å². The predicted molar refractivity (Wildman–Crippen MR) is 90.7 cm³/mol. The highest BCUT2D eigenvalue weighted by atomic mass is 16.5. The van der Waals surface area contributed by atoms with Gasteiger partial charge in [-0.3, -0.25) is 14.7 Å². The van der Waals surface area contributed by atoms with E-state index in [4.69, 9.17) is 18.9 Å². The zero-order valence-corrected chi connectivity index (χ0v) is 14.9. The highest BCUT2D eigenvalue weighted by Gasteiger charge is 2.29. The molecule has 0 aliphatic carbocycles. The number of esters is 1. The van der Waals surface area contributed by atoms with E-state index in [1.165, 1.54) is 28.4 Å². The normalized spacial score (nSPS) is 11.7. The van der Waals surface area contributed by atoms with Crippen LogP contribution in [0.3, 0.4) is 0 Å². The monoisotopic (exact) mass is 350 g/mol. The summed E-state index contributed by atoms with van der Waals surface area (Å²) in [5, 5.41) is 5.32. The quantitative estimate of drug-likeness (QED) is 0.737. The van der Waals surface area contributed by atoms with Gasteiger partial charge in [0, 0.05) is 22.7 Å². The van der Waals surface area contributed by atoms with E-state index in [-0.39, 0.29) is 12.0 Å². The van der Waals surface area contributed by atoms with Gasteiger partial charge < -0.3 is 24.0 Å². The van der Waals surface area contributed by atoms with Gasteiger partial charge in [0.2, 0.25) is 5.75 Å². The molecule has 8 heteroatoms. The lowest BCUT2D eigenvalue weighted by atomic mass is 9.87. The molecule has 0 unspecified atom stereocenters. The third-order valence-electron chi connectivity index (χ3n) is 4.07. The molecule has 1 atom stereocenters. The molecule has 0 aliphatic rings. The third kappa shape index (κ3) is 3.47. The number of hydrogen-bond acceptors (Lipinski definition) is 6. The number of carbonyl (C=O) groups is 1. The highest BCUT2D eigenvalue weighted by Crippen LogP contribution is 2.45. The largest absolute Gasteiger partial charge is 0.493 e. The summed E-state index contributed by atoms with van der Waals surface area (Å²) in [4.78, 5) is 24.2. The summed E-state index contributed by atoms with van der Waals surface area (Å²) in [5.41, 5.74) is 1.40. The fourth-order valence-electron chi connectivity index (χ4n) is 2.89. The van der Waals surface area contributed by atoms with Gasteiger partial charge in [-0.05, 0) is 13.0 Å². The number of methoxy groups -OCH3 is 4. The summed E-state index contributed by atoms with van der Waals surface area (Å²) in [7, 11) is 5.81. The Morgan fingerprint density at radius 2 is 1.72 bits per heavy atom. The number of aromatic amines is 2. The number of carbonyl (C=O) groups excluding carboxylic acids is 1. The number of nitrogens with one attached hydrogen (secondary N) is 2. The molecule has 1 aromatic carbocycles. The Morgan fingerprint density at radius 1 is 1.04 bits per heavy atom. The molecule has 0 saturated heterocycles. The first kappa shape index (κ1) is 18.4. The van der Waals surface area contributed by atoms with Crippen molar-refractivity contribution >= 4 is 5.97 Å². The average Bonchev–Trinajstić information content (AvgIpc) is 2.96. The van der Waals surface area contributed by atoms with Crippen molar-refractivity contribution in [2.75, 3.05) is 28.4 Å². The van der Waals surface area contributed by atoms with Gasteiger partial charge in [-0.25, -0.2) is 0 Å². The van der Waals surface area contributed by atoms with Crippen molar-refractivity contribution < 1.29 is 23.7 Å². The van der Waals surface area contributed by atoms with Gasteiger partial charge in [0.25, 0.3) is 5.56 Å². The summed E-state index contributed by atoms with van der Waals surface area (Å²) in [6, 6.07) is 3.46. The van der Waals surface area contributed by atoms with Crippen LogP contribution in [0, 0.1) is 6.92 Å². The summed E-state index contributed by atoms with van der Waals surface area (Å²) in [5.74, 6) is 0.261. The van der Waals surface area contributed by atoms with Gasteiger partial charge in [0.15, 0.2) is 11.5 Å². The van der Waals surface area contributed by atoms with E-state index in [1.807, 2.05) is 0 Å². The Balaban J connectivity index is 2.70. The molecule has 2 rings (SSSR count). The fourth-order valence-corrected chi connectivity index (χ4v) is 2.89. The second kappa shape index (κ2) is 7.78. The number of aromatic nitrogens is 2. The second-order valence-corrected chi connectivity index (χ2v) is 5.37. The first-order chi connectivity index (χ1) is 12.0. The minimum atomic E-state index is -0.572. The molecule has 1 heterocycles. The van der Waals surface area contributed by atoms with Crippen molar-refractivity contribution in [1.29, 1.82) is 0 Å². The number of rotatable bonds is 7. The SMILES string of the molecule is COC(=O)C[C@@H](c1ccc(OC)c(OC)c1OC)c1c(C)[nH][nH]c1=O. The van der Waals surface area contributed by atoms with Crippen molar-refractivity contribution in [2.45, 2.75) is 19.3 Å². The van der Waals surface area contributed by atoms with Crippen LogP contribution in [-0.4, -0.2) is 44.6 Å². The van der Waals surface area contributed by atoms with Gasteiger partial charge in [-0.1, -0.05) is 6.07 Å². The molecule has 0 bridgehead atoms. The standard InChI is InChI=1S/C17H22N2O6/c1-9-14(17(21)19-18-9)11(8-13(20)23-3)10-6-7-12(22-2)16(25-5)15(10)24-4/h6-7,11H,8H2,1-5H3,(H2,18,19,21)/t11-/m0/s1. The van der Waals surface area contributed by atoms with Crippen molar-refractivity contribution in [2.24, 2.45) is 0 Å². The predicted octanol–water partition coefficient (Wildman–Crippen LogP) is 1.73. The Hall–Kier alpha value is -2.90. The van der Waals surface area contributed by atoms with Crippen LogP contribution in [0.5, 0.6) is 17.2 Å². The van der Waals surface area contributed by atoms with E-state index in [0.29, 0.717) is 34.1 Å². The molecule has 0 amide bonds. The molecular weight excluding hydrogens is 328 g/mol. The molecule has 136 valence electrons. The average molecular weight is 350 g/mol. The topological polar surface area (TPSA) is 103 Å². The van der Waals surface area contributed by atoms with Gasteiger partial charge in [0.1, 0.15) is 0 Å². The lowest BCUT2D eigenvalue weighted by Gasteiger charge is -2.21. The third-order valence-corrected chi connectivity index (χ3v) is 4.07. The molecule has 0 fully saturated rings. The van der Waals surface area contributed by atoms with E-state index in [1.54, 1.807) is 19.1 Å². The van der Waals surface area contributed by atoms with Crippen LogP contribution in [0.15, 0.2) is 16.9 Å². The molecule has 0 radical (unpaired) electrons. The first-order valence-corrected chi connectivity index (χ1v) is 7.61. The Bertz CT molecular complexity index is 808. The molecule has 2 aromatic rings. The summed E-state index contributed by atoms with van der Waals surface area (Å²) >= 11 is 0. The molecule has 1 aromatic heterocycles. The van der Waals surface area contributed by atoms with E-state index < -0.39 is 11.9 Å². The number of H-pyrrole nitrogens is 2. The van der Waals surface area contributed by atoms with Crippen molar-refractivity contribution in [3.63, 3.8) is 0 Å². The Morgan fingerprint density at radius 3 is 2.20 bits per heavy atom. The lowest BCUT2D eigenvalue weighted by Crippen LogP contribution is -2.18. The number of ether oxygens (including phenoxy) is 4. The molecule has 0 spiro atoms. The second-order valence-electron chi connectivity index (χ2n) is 5.37. The minimum absolute atomic E-state index is 0.0237.